The molecule has 12 heavy (non-hydrogen) atoms. The number of carboxylic acids is 1. The zero-order chi connectivity index (χ0) is 9.40. The molecule has 0 unspecified atom stereocenters. The smallest absolute Gasteiger partial charge is 0.320 e. The molecule has 0 aromatic heterocycles. The van der Waals surface area contributed by atoms with Gasteiger partial charge in [-0.05, 0) is 19.4 Å². The third kappa shape index (κ3) is 5.09. The molecule has 0 aliphatic carbocycles. The van der Waals surface area contributed by atoms with E-state index in [1.807, 2.05) is 6.92 Å². The van der Waals surface area contributed by atoms with Crippen LogP contribution in [0.5, 0.6) is 0 Å². The van der Waals surface area contributed by atoms with Crippen LogP contribution in [0.3, 0.4) is 0 Å². The molecule has 1 atom stereocenters. The molecule has 0 radical (unpaired) electrons. The van der Waals surface area contributed by atoms with E-state index in [1.165, 1.54) is 0 Å². The van der Waals surface area contributed by atoms with E-state index in [2.05, 4.69) is 5.32 Å². The SMILES string of the molecule is CCCCN[C@@H](CCO)C(=O)O. The third-order valence-corrected chi connectivity index (χ3v) is 1.64. The van der Waals surface area contributed by atoms with Gasteiger partial charge in [-0.15, -0.1) is 0 Å². The second-order valence-corrected chi connectivity index (χ2v) is 2.71. The van der Waals surface area contributed by atoms with E-state index in [1.54, 1.807) is 0 Å². The van der Waals surface area contributed by atoms with Crippen molar-refractivity contribution in [2.24, 2.45) is 0 Å². The van der Waals surface area contributed by atoms with E-state index in [0.29, 0.717) is 6.54 Å². The number of carbonyl (C=O) groups is 1. The number of hydrogen-bond acceptors (Lipinski definition) is 3. The first-order valence-corrected chi connectivity index (χ1v) is 4.29. The van der Waals surface area contributed by atoms with Gasteiger partial charge in [0, 0.05) is 6.61 Å². The van der Waals surface area contributed by atoms with Crippen molar-refractivity contribution < 1.29 is 15.0 Å². The fraction of sp³-hybridized carbons (Fsp3) is 0.875. The van der Waals surface area contributed by atoms with Crippen LogP contribution in [0.4, 0.5) is 0 Å². The normalized spacial score (nSPS) is 12.8. The summed E-state index contributed by atoms with van der Waals surface area (Å²) >= 11 is 0. The lowest BCUT2D eigenvalue weighted by molar-refractivity contribution is -0.139. The first-order valence-electron chi connectivity index (χ1n) is 4.29. The highest BCUT2D eigenvalue weighted by Crippen LogP contribution is 1.92. The van der Waals surface area contributed by atoms with Crippen LogP contribution in [0.1, 0.15) is 26.2 Å². The Kier molecular flexibility index (Phi) is 6.70. The molecule has 0 fully saturated rings. The Morgan fingerprint density at radius 3 is 2.67 bits per heavy atom. The number of hydrogen-bond donors (Lipinski definition) is 3. The van der Waals surface area contributed by atoms with Gasteiger partial charge >= 0.3 is 5.97 Å². The summed E-state index contributed by atoms with van der Waals surface area (Å²) in [6.45, 7) is 2.66. The molecular weight excluding hydrogens is 158 g/mol. The van der Waals surface area contributed by atoms with Crippen LogP contribution in [-0.2, 0) is 4.79 Å². The number of unbranched alkanes of at least 4 members (excludes halogenated alkanes) is 1. The number of aliphatic hydroxyl groups excluding tert-OH is 1. The fourth-order valence-electron chi connectivity index (χ4n) is 0.895. The Morgan fingerprint density at radius 1 is 1.58 bits per heavy atom. The average Bonchev–Trinajstić information content (AvgIpc) is 2.03. The van der Waals surface area contributed by atoms with Gasteiger partial charge in [0.05, 0.1) is 0 Å². The third-order valence-electron chi connectivity index (χ3n) is 1.64. The average molecular weight is 175 g/mol. The van der Waals surface area contributed by atoms with Gasteiger partial charge in [0.1, 0.15) is 6.04 Å². The molecule has 0 aliphatic heterocycles. The summed E-state index contributed by atoms with van der Waals surface area (Å²) in [5.74, 6) is -0.889. The molecule has 0 spiro atoms. The molecule has 0 saturated carbocycles. The minimum absolute atomic E-state index is 0.0872. The molecule has 0 heterocycles. The van der Waals surface area contributed by atoms with E-state index in [4.69, 9.17) is 10.2 Å². The highest BCUT2D eigenvalue weighted by molar-refractivity contribution is 5.73. The van der Waals surface area contributed by atoms with Gasteiger partial charge < -0.3 is 15.5 Å². The largest absolute Gasteiger partial charge is 0.480 e. The van der Waals surface area contributed by atoms with Crippen molar-refractivity contribution in [2.45, 2.75) is 32.2 Å². The van der Waals surface area contributed by atoms with Crippen LogP contribution in [0.25, 0.3) is 0 Å². The quantitative estimate of drug-likeness (QED) is 0.484. The van der Waals surface area contributed by atoms with Gasteiger partial charge in [-0.25, -0.2) is 0 Å². The molecule has 0 aromatic rings. The van der Waals surface area contributed by atoms with Crippen LogP contribution >= 0.6 is 0 Å². The van der Waals surface area contributed by atoms with Crippen molar-refractivity contribution in [1.82, 2.24) is 5.32 Å². The summed E-state index contributed by atoms with van der Waals surface area (Å²) in [6.07, 6.45) is 2.28. The van der Waals surface area contributed by atoms with Crippen molar-refractivity contribution in [3.05, 3.63) is 0 Å². The Bertz CT molecular complexity index is 127. The van der Waals surface area contributed by atoms with Crippen LogP contribution in [0, 0.1) is 0 Å². The highest BCUT2D eigenvalue weighted by Gasteiger charge is 2.14. The predicted octanol–water partition coefficient (Wildman–Crippen LogP) is 0.212. The lowest BCUT2D eigenvalue weighted by Crippen LogP contribution is -2.37. The maximum Gasteiger partial charge on any atom is 0.320 e. The second-order valence-electron chi connectivity index (χ2n) is 2.71. The van der Waals surface area contributed by atoms with Crippen LogP contribution in [0.2, 0.25) is 0 Å². The van der Waals surface area contributed by atoms with Crippen LogP contribution in [-0.4, -0.2) is 35.4 Å². The fourth-order valence-corrected chi connectivity index (χ4v) is 0.895. The molecule has 0 amide bonds. The first kappa shape index (κ1) is 11.4. The van der Waals surface area contributed by atoms with Crippen molar-refractivity contribution in [2.75, 3.05) is 13.2 Å². The monoisotopic (exact) mass is 175 g/mol. The summed E-state index contributed by atoms with van der Waals surface area (Å²) in [5.41, 5.74) is 0. The van der Waals surface area contributed by atoms with Crippen LogP contribution in [0.15, 0.2) is 0 Å². The number of aliphatic carboxylic acids is 1. The second kappa shape index (κ2) is 7.06. The maximum absolute atomic E-state index is 10.5. The number of aliphatic hydroxyl groups is 1. The van der Waals surface area contributed by atoms with Gasteiger partial charge in [0.25, 0.3) is 0 Å². The predicted molar refractivity (Wildman–Crippen MR) is 46.0 cm³/mol. The standard InChI is InChI=1S/C8H17NO3/c1-2-3-5-9-7(4-6-10)8(11)12/h7,9-10H,2-6H2,1H3,(H,11,12)/t7-/m0/s1. The summed E-state index contributed by atoms with van der Waals surface area (Å²) in [7, 11) is 0. The van der Waals surface area contributed by atoms with E-state index in [9.17, 15) is 4.79 Å². The topological polar surface area (TPSA) is 69.6 Å². The van der Waals surface area contributed by atoms with Crippen molar-refractivity contribution in [3.63, 3.8) is 0 Å². The Hall–Kier alpha value is -0.610. The molecular formula is C8H17NO3. The molecule has 4 heteroatoms. The molecule has 4 nitrogen and oxygen atoms in total. The zero-order valence-corrected chi connectivity index (χ0v) is 7.42. The highest BCUT2D eigenvalue weighted by atomic mass is 16.4. The van der Waals surface area contributed by atoms with Gasteiger partial charge in [0.2, 0.25) is 0 Å². The number of nitrogens with one attached hydrogen (secondary N) is 1. The van der Waals surface area contributed by atoms with Gasteiger partial charge in [-0.1, -0.05) is 13.3 Å². The Balaban J connectivity index is 3.56. The van der Waals surface area contributed by atoms with Gasteiger partial charge in [0.15, 0.2) is 0 Å². The molecule has 0 rings (SSSR count). The maximum atomic E-state index is 10.5. The Labute approximate surface area is 72.6 Å². The number of carboxylic acid groups (broad SMARTS) is 1. The van der Waals surface area contributed by atoms with Crippen molar-refractivity contribution in [3.8, 4) is 0 Å². The molecule has 0 aliphatic rings. The molecule has 0 aromatic carbocycles. The van der Waals surface area contributed by atoms with Gasteiger partial charge in [-0.3, -0.25) is 4.79 Å². The minimum Gasteiger partial charge on any atom is -0.480 e. The van der Waals surface area contributed by atoms with E-state index in [-0.39, 0.29) is 13.0 Å². The zero-order valence-electron chi connectivity index (χ0n) is 7.42. The molecule has 72 valence electrons. The summed E-state index contributed by atoms with van der Waals surface area (Å²) in [5, 5.41) is 20.0. The van der Waals surface area contributed by atoms with Crippen molar-refractivity contribution in [1.29, 1.82) is 0 Å². The summed E-state index contributed by atoms with van der Waals surface area (Å²) in [4.78, 5) is 10.5. The molecule has 0 saturated heterocycles. The van der Waals surface area contributed by atoms with E-state index >= 15 is 0 Å². The van der Waals surface area contributed by atoms with E-state index in [0.717, 1.165) is 12.8 Å². The van der Waals surface area contributed by atoms with Crippen LogP contribution < -0.4 is 5.32 Å². The Morgan fingerprint density at radius 2 is 2.25 bits per heavy atom. The van der Waals surface area contributed by atoms with Gasteiger partial charge in [-0.2, -0.15) is 0 Å². The van der Waals surface area contributed by atoms with Crippen molar-refractivity contribution >= 4 is 5.97 Å². The lowest BCUT2D eigenvalue weighted by atomic mass is 10.2. The van der Waals surface area contributed by atoms with E-state index < -0.39 is 12.0 Å². The summed E-state index contributed by atoms with van der Waals surface area (Å²) < 4.78 is 0. The number of rotatable bonds is 7. The minimum atomic E-state index is -0.889. The lowest BCUT2D eigenvalue weighted by Gasteiger charge is -2.11. The molecule has 0 bridgehead atoms. The summed E-state index contributed by atoms with van der Waals surface area (Å²) in [6, 6.07) is -0.596. The molecule has 3 N–H and O–H groups in total. The first-order chi connectivity index (χ1) is 5.72.